The van der Waals surface area contributed by atoms with Gasteiger partial charge < -0.3 is 10.1 Å². The number of benzene rings is 2. The van der Waals surface area contributed by atoms with Crippen LogP contribution in [0.5, 0.6) is 5.75 Å². The summed E-state index contributed by atoms with van der Waals surface area (Å²) in [5.41, 5.74) is 0. The van der Waals surface area contributed by atoms with Crippen LogP contribution in [0.3, 0.4) is 0 Å². The van der Waals surface area contributed by atoms with Crippen LogP contribution in [-0.2, 0) is 4.79 Å². The lowest BCUT2D eigenvalue weighted by molar-refractivity contribution is -0.127. The Hall–Kier alpha value is -2.03. The zero-order valence-electron chi connectivity index (χ0n) is 10.9. The summed E-state index contributed by atoms with van der Waals surface area (Å²) in [4.78, 5) is 11.9. The molecule has 1 aliphatic carbocycles. The number of hydrogen-bond acceptors (Lipinski definition) is 2. The topological polar surface area (TPSA) is 38.3 Å². The van der Waals surface area contributed by atoms with Crippen molar-refractivity contribution >= 4 is 16.7 Å². The molecule has 0 aromatic heterocycles. The number of nitrogens with one attached hydrogen (secondary N) is 1. The largest absolute Gasteiger partial charge is 0.480 e. The molecule has 0 aliphatic heterocycles. The van der Waals surface area contributed by atoms with Crippen molar-refractivity contribution in [2.24, 2.45) is 0 Å². The summed E-state index contributed by atoms with van der Waals surface area (Å²) in [6.45, 7) is 1.79. The molecule has 0 saturated heterocycles. The molecule has 2 aromatic rings. The SMILES string of the molecule is CC(Oc1cccc2ccccc12)C(=O)NC1CC1. The first-order chi connectivity index (χ1) is 9.24. The summed E-state index contributed by atoms with van der Waals surface area (Å²) in [5, 5.41) is 5.12. The number of amides is 1. The minimum Gasteiger partial charge on any atom is -0.480 e. The van der Waals surface area contributed by atoms with Crippen molar-refractivity contribution in [2.75, 3.05) is 0 Å². The quantitative estimate of drug-likeness (QED) is 0.912. The van der Waals surface area contributed by atoms with Crippen LogP contribution >= 0.6 is 0 Å². The Morgan fingerprint density at radius 2 is 1.95 bits per heavy atom. The summed E-state index contributed by atoms with van der Waals surface area (Å²) in [5.74, 6) is 0.729. The average molecular weight is 255 g/mol. The molecular weight excluding hydrogens is 238 g/mol. The molecule has 1 saturated carbocycles. The second kappa shape index (κ2) is 4.92. The maximum Gasteiger partial charge on any atom is 0.260 e. The predicted octanol–water partition coefficient (Wildman–Crippen LogP) is 2.89. The Morgan fingerprint density at radius 1 is 1.21 bits per heavy atom. The fourth-order valence-corrected chi connectivity index (χ4v) is 2.09. The molecule has 0 radical (unpaired) electrons. The van der Waals surface area contributed by atoms with E-state index in [0.29, 0.717) is 6.04 Å². The normalized spacial score (nSPS) is 16.1. The van der Waals surface area contributed by atoms with E-state index in [0.717, 1.165) is 29.4 Å². The first-order valence-electron chi connectivity index (χ1n) is 6.69. The molecule has 1 N–H and O–H groups in total. The van der Waals surface area contributed by atoms with Crippen molar-refractivity contribution in [3.8, 4) is 5.75 Å². The number of ether oxygens (including phenoxy) is 1. The molecule has 1 aliphatic rings. The van der Waals surface area contributed by atoms with Crippen LogP contribution < -0.4 is 10.1 Å². The Balaban J connectivity index is 1.78. The van der Waals surface area contributed by atoms with Gasteiger partial charge in [-0.1, -0.05) is 36.4 Å². The number of carbonyl (C=O) groups excluding carboxylic acids is 1. The number of hydrogen-bond donors (Lipinski definition) is 1. The smallest absolute Gasteiger partial charge is 0.260 e. The van der Waals surface area contributed by atoms with Gasteiger partial charge in [0.1, 0.15) is 5.75 Å². The molecule has 19 heavy (non-hydrogen) atoms. The third-order valence-corrected chi connectivity index (χ3v) is 3.35. The third-order valence-electron chi connectivity index (χ3n) is 3.35. The molecule has 3 nitrogen and oxygen atoms in total. The summed E-state index contributed by atoms with van der Waals surface area (Å²) >= 11 is 0. The van der Waals surface area contributed by atoms with E-state index in [1.54, 1.807) is 6.92 Å². The van der Waals surface area contributed by atoms with Gasteiger partial charge in [0.15, 0.2) is 6.10 Å². The van der Waals surface area contributed by atoms with Crippen LogP contribution in [0.25, 0.3) is 10.8 Å². The highest BCUT2D eigenvalue weighted by Gasteiger charge is 2.26. The van der Waals surface area contributed by atoms with Crippen LogP contribution in [0.15, 0.2) is 42.5 Å². The van der Waals surface area contributed by atoms with Crippen molar-refractivity contribution in [3.63, 3.8) is 0 Å². The second-order valence-electron chi connectivity index (χ2n) is 5.02. The molecule has 1 amide bonds. The summed E-state index contributed by atoms with van der Waals surface area (Å²) < 4.78 is 5.81. The molecule has 1 atom stereocenters. The van der Waals surface area contributed by atoms with Crippen molar-refractivity contribution in [1.29, 1.82) is 0 Å². The lowest BCUT2D eigenvalue weighted by atomic mass is 10.1. The number of rotatable bonds is 4. The Bertz CT molecular complexity index is 599. The van der Waals surface area contributed by atoms with Crippen LogP contribution in [0.2, 0.25) is 0 Å². The van der Waals surface area contributed by atoms with Gasteiger partial charge in [0, 0.05) is 11.4 Å². The van der Waals surface area contributed by atoms with Gasteiger partial charge in [-0.15, -0.1) is 0 Å². The standard InChI is InChI=1S/C16H17NO2/c1-11(16(18)17-13-9-10-13)19-15-8-4-6-12-5-2-3-7-14(12)15/h2-8,11,13H,9-10H2,1H3,(H,17,18). The lowest BCUT2D eigenvalue weighted by Crippen LogP contribution is -2.37. The van der Waals surface area contributed by atoms with Gasteiger partial charge >= 0.3 is 0 Å². The number of carbonyl (C=O) groups is 1. The van der Waals surface area contributed by atoms with Crippen LogP contribution in [0, 0.1) is 0 Å². The maximum absolute atomic E-state index is 11.9. The minimum absolute atomic E-state index is 0.0320. The van der Waals surface area contributed by atoms with Crippen molar-refractivity contribution < 1.29 is 9.53 Å². The fourth-order valence-electron chi connectivity index (χ4n) is 2.09. The van der Waals surface area contributed by atoms with Crippen LogP contribution in [0.1, 0.15) is 19.8 Å². The molecule has 0 spiro atoms. The van der Waals surface area contributed by atoms with Gasteiger partial charge in [0.25, 0.3) is 5.91 Å². The average Bonchev–Trinajstić information content (AvgIpc) is 3.23. The highest BCUT2D eigenvalue weighted by atomic mass is 16.5. The van der Waals surface area contributed by atoms with Crippen molar-refractivity contribution in [3.05, 3.63) is 42.5 Å². The Labute approximate surface area is 112 Å². The van der Waals surface area contributed by atoms with E-state index in [1.165, 1.54) is 0 Å². The minimum atomic E-state index is -0.466. The molecule has 2 aromatic carbocycles. The van der Waals surface area contributed by atoms with Gasteiger partial charge in [-0.25, -0.2) is 0 Å². The molecule has 1 fully saturated rings. The fraction of sp³-hybridized carbons (Fsp3) is 0.312. The monoisotopic (exact) mass is 255 g/mol. The van der Waals surface area contributed by atoms with Gasteiger partial charge in [-0.05, 0) is 31.2 Å². The first kappa shape index (κ1) is 12.0. The predicted molar refractivity (Wildman–Crippen MR) is 75.2 cm³/mol. The van der Waals surface area contributed by atoms with Gasteiger partial charge in [0.05, 0.1) is 0 Å². The van der Waals surface area contributed by atoms with E-state index in [1.807, 2.05) is 42.5 Å². The molecule has 3 rings (SSSR count). The molecule has 3 heteroatoms. The van der Waals surface area contributed by atoms with Crippen LogP contribution in [0.4, 0.5) is 0 Å². The highest BCUT2D eigenvalue weighted by Crippen LogP contribution is 2.26. The Morgan fingerprint density at radius 3 is 2.74 bits per heavy atom. The first-order valence-corrected chi connectivity index (χ1v) is 6.69. The van der Waals surface area contributed by atoms with Crippen molar-refractivity contribution in [2.45, 2.75) is 31.9 Å². The molecular formula is C16H17NO2. The summed E-state index contributed by atoms with van der Waals surface area (Å²) in [7, 11) is 0. The lowest BCUT2D eigenvalue weighted by Gasteiger charge is -2.16. The van der Waals surface area contributed by atoms with E-state index in [-0.39, 0.29) is 5.91 Å². The number of fused-ring (bicyclic) bond motifs is 1. The van der Waals surface area contributed by atoms with Gasteiger partial charge in [0.2, 0.25) is 0 Å². The molecule has 1 unspecified atom stereocenters. The molecule has 0 bridgehead atoms. The van der Waals surface area contributed by atoms with E-state index < -0.39 is 6.10 Å². The van der Waals surface area contributed by atoms with Gasteiger partial charge in [-0.3, -0.25) is 4.79 Å². The van der Waals surface area contributed by atoms with E-state index in [4.69, 9.17) is 4.74 Å². The van der Waals surface area contributed by atoms with E-state index >= 15 is 0 Å². The molecule has 98 valence electrons. The Kier molecular flexibility index (Phi) is 3.11. The van der Waals surface area contributed by atoms with E-state index in [9.17, 15) is 4.79 Å². The zero-order valence-corrected chi connectivity index (χ0v) is 10.9. The second-order valence-corrected chi connectivity index (χ2v) is 5.02. The summed E-state index contributed by atoms with van der Waals surface area (Å²) in [6.07, 6.45) is 1.71. The van der Waals surface area contributed by atoms with E-state index in [2.05, 4.69) is 5.32 Å². The third kappa shape index (κ3) is 2.70. The highest BCUT2D eigenvalue weighted by molar-refractivity contribution is 5.89. The van der Waals surface area contributed by atoms with Crippen LogP contribution in [-0.4, -0.2) is 18.1 Å². The summed E-state index contributed by atoms with van der Waals surface area (Å²) in [6, 6.07) is 14.3. The zero-order chi connectivity index (χ0) is 13.2. The van der Waals surface area contributed by atoms with Crippen molar-refractivity contribution in [1.82, 2.24) is 5.32 Å². The van der Waals surface area contributed by atoms with Gasteiger partial charge in [-0.2, -0.15) is 0 Å². The maximum atomic E-state index is 11.9. The molecule has 0 heterocycles.